The van der Waals surface area contributed by atoms with Gasteiger partial charge in [-0.25, -0.2) is 0 Å². The molecule has 180 valence electrons. The Bertz CT molecular complexity index is 1220. The van der Waals surface area contributed by atoms with Crippen LogP contribution in [0, 0.1) is 0 Å². The average molecular weight is 534 g/mol. The number of allylic oxidation sites excluding steroid dienone is 1. The van der Waals surface area contributed by atoms with Gasteiger partial charge in [0.2, 0.25) is 5.78 Å². The number of ketones is 1. The van der Waals surface area contributed by atoms with Gasteiger partial charge in [0.25, 0.3) is 0 Å². The Labute approximate surface area is 214 Å². The summed E-state index contributed by atoms with van der Waals surface area (Å²) in [5.41, 5.74) is 2.52. The molecule has 5 nitrogen and oxygen atoms in total. The van der Waals surface area contributed by atoms with Crippen LogP contribution in [0.1, 0.15) is 40.7 Å². The van der Waals surface area contributed by atoms with Gasteiger partial charge in [-0.15, -0.1) is 0 Å². The topological polar surface area (TPSA) is 48.0 Å². The van der Waals surface area contributed by atoms with Gasteiger partial charge in [-0.1, -0.05) is 46.6 Å². The van der Waals surface area contributed by atoms with Gasteiger partial charge in [-0.05, 0) is 79.5 Å². The van der Waals surface area contributed by atoms with E-state index < -0.39 is 0 Å². The lowest BCUT2D eigenvalue weighted by molar-refractivity contribution is 0.101. The maximum Gasteiger partial charge on any atom is 0.231 e. The molecule has 0 spiro atoms. The first-order valence-electron chi connectivity index (χ1n) is 12.0. The van der Waals surface area contributed by atoms with Gasteiger partial charge in [0, 0.05) is 17.1 Å². The van der Waals surface area contributed by atoms with E-state index in [2.05, 4.69) is 20.8 Å². The molecule has 3 aromatic rings. The zero-order chi connectivity index (χ0) is 24.0. The number of piperidine rings is 1. The normalized spacial score (nSPS) is 16.7. The summed E-state index contributed by atoms with van der Waals surface area (Å²) < 4.78 is 18.7. The Kier molecular flexibility index (Phi) is 7.50. The minimum absolute atomic E-state index is 0.116. The Balaban J connectivity index is 1.17. The van der Waals surface area contributed by atoms with Gasteiger partial charge in [0.05, 0.1) is 5.56 Å². The van der Waals surface area contributed by atoms with Crippen LogP contribution < -0.4 is 14.2 Å². The molecular weight excluding hydrogens is 506 g/mol. The van der Waals surface area contributed by atoms with E-state index in [1.807, 2.05) is 60.7 Å². The third-order valence-electron chi connectivity index (χ3n) is 6.24. The molecule has 6 heteroatoms. The molecule has 1 saturated heterocycles. The number of likely N-dealkylation sites (tertiary alicyclic amines) is 1. The van der Waals surface area contributed by atoms with Gasteiger partial charge in [-0.2, -0.15) is 0 Å². The molecule has 0 radical (unpaired) electrons. The van der Waals surface area contributed by atoms with Gasteiger partial charge in [0.1, 0.15) is 30.5 Å². The highest BCUT2D eigenvalue weighted by atomic mass is 79.9. The molecule has 0 atom stereocenters. The fourth-order valence-electron chi connectivity index (χ4n) is 4.34. The van der Waals surface area contributed by atoms with Gasteiger partial charge < -0.3 is 14.2 Å². The summed E-state index contributed by atoms with van der Waals surface area (Å²) in [5.74, 6) is 2.23. The summed E-state index contributed by atoms with van der Waals surface area (Å²) in [5, 5.41) is 0. The molecule has 0 aliphatic carbocycles. The van der Waals surface area contributed by atoms with Crippen LogP contribution in [0.15, 0.2) is 77.0 Å². The highest BCUT2D eigenvalue weighted by molar-refractivity contribution is 9.10. The third-order valence-corrected chi connectivity index (χ3v) is 6.73. The molecule has 2 aliphatic heterocycles. The Morgan fingerprint density at radius 2 is 1.71 bits per heavy atom. The first kappa shape index (κ1) is 23.6. The second kappa shape index (κ2) is 11.1. The summed E-state index contributed by atoms with van der Waals surface area (Å²) >= 11 is 3.47. The number of rotatable bonds is 8. The number of halogens is 1. The van der Waals surface area contributed by atoms with Crippen molar-refractivity contribution < 1.29 is 19.0 Å². The molecule has 0 saturated carbocycles. The van der Waals surface area contributed by atoms with E-state index in [0.717, 1.165) is 46.7 Å². The van der Waals surface area contributed by atoms with Crippen molar-refractivity contribution in [1.82, 2.24) is 4.90 Å². The smallest absolute Gasteiger partial charge is 0.231 e. The lowest BCUT2D eigenvalue weighted by atomic mass is 10.1. The zero-order valence-electron chi connectivity index (χ0n) is 19.5. The Hall–Kier alpha value is -3.09. The number of hydrogen-bond acceptors (Lipinski definition) is 5. The van der Waals surface area contributed by atoms with E-state index in [9.17, 15) is 4.79 Å². The first-order valence-corrected chi connectivity index (χ1v) is 12.8. The maximum absolute atomic E-state index is 12.8. The Morgan fingerprint density at radius 3 is 2.51 bits per heavy atom. The number of carbonyl (C=O) groups excluding carboxylic acids is 1. The number of Topliss-reactive ketones (excluding diaryl/α,β-unsaturated/α-hetero) is 1. The minimum Gasteiger partial charge on any atom is -0.492 e. The molecule has 1 fully saturated rings. The van der Waals surface area contributed by atoms with Crippen LogP contribution in [0.4, 0.5) is 0 Å². The van der Waals surface area contributed by atoms with E-state index >= 15 is 0 Å². The zero-order valence-corrected chi connectivity index (χ0v) is 21.1. The van der Waals surface area contributed by atoms with E-state index in [0.29, 0.717) is 30.3 Å². The summed E-state index contributed by atoms with van der Waals surface area (Å²) in [6.45, 7) is 4.34. The maximum atomic E-state index is 12.8. The van der Waals surface area contributed by atoms with Crippen LogP contribution >= 0.6 is 15.9 Å². The highest BCUT2D eigenvalue weighted by Crippen LogP contribution is 2.35. The molecule has 0 bridgehead atoms. The fourth-order valence-corrected chi connectivity index (χ4v) is 4.78. The predicted molar refractivity (Wildman–Crippen MR) is 140 cm³/mol. The van der Waals surface area contributed by atoms with Crippen molar-refractivity contribution in [3.05, 3.63) is 93.7 Å². The van der Waals surface area contributed by atoms with Gasteiger partial charge >= 0.3 is 0 Å². The van der Waals surface area contributed by atoms with E-state index in [-0.39, 0.29) is 5.78 Å². The SMILES string of the molecule is O=C1/C(=C/c2ccc(OCc3cccc(Br)c3)cc2)Oc2cc(OCCN3CCCCC3)ccc21. The quantitative estimate of drug-likeness (QED) is 0.309. The summed E-state index contributed by atoms with van der Waals surface area (Å²) in [7, 11) is 0. The molecular formula is C29H28BrNO4. The fraction of sp³-hybridized carbons (Fsp3) is 0.276. The number of carbonyl (C=O) groups is 1. The van der Waals surface area contributed by atoms with Crippen molar-refractivity contribution in [2.24, 2.45) is 0 Å². The highest BCUT2D eigenvalue weighted by Gasteiger charge is 2.27. The molecule has 0 aromatic heterocycles. The van der Waals surface area contributed by atoms with Crippen molar-refractivity contribution in [1.29, 1.82) is 0 Å². The lowest BCUT2D eigenvalue weighted by Crippen LogP contribution is -2.33. The molecule has 0 N–H and O–H groups in total. The lowest BCUT2D eigenvalue weighted by Gasteiger charge is -2.26. The van der Waals surface area contributed by atoms with Crippen molar-refractivity contribution in [3.8, 4) is 17.2 Å². The van der Waals surface area contributed by atoms with Crippen molar-refractivity contribution in [3.63, 3.8) is 0 Å². The Morgan fingerprint density at radius 1 is 0.914 bits per heavy atom. The standard InChI is InChI=1S/C29H28BrNO4/c30-23-6-4-5-22(17-23)20-34-24-9-7-21(8-10-24)18-28-29(32)26-12-11-25(19-27(26)35-28)33-16-15-31-13-2-1-3-14-31/h4-12,17-19H,1-3,13-16,20H2/b28-18-. The monoisotopic (exact) mass is 533 g/mol. The average Bonchev–Trinajstić information content (AvgIpc) is 3.18. The molecule has 35 heavy (non-hydrogen) atoms. The van der Waals surface area contributed by atoms with Crippen LogP contribution in [0.25, 0.3) is 6.08 Å². The summed E-state index contributed by atoms with van der Waals surface area (Å²) in [6.07, 6.45) is 5.63. The van der Waals surface area contributed by atoms with Crippen molar-refractivity contribution >= 4 is 27.8 Å². The molecule has 5 rings (SSSR count). The number of nitrogens with zero attached hydrogens (tertiary/aromatic N) is 1. The molecule has 2 aliphatic rings. The molecule has 0 amide bonds. The largest absolute Gasteiger partial charge is 0.492 e. The third kappa shape index (κ3) is 6.13. The van der Waals surface area contributed by atoms with Crippen molar-refractivity contribution in [2.75, 3.05) is 26.2 Å². The number of ether oxygens (including phenoxy) is 3. The number of hydrogen-bond donors (Lipinski definition) is 0. The van der Waals surface area contributed by atoms with Crippen molar-refractivity contribution in [2.45, 2.75) is 25.9 Å². The van der Waals surface area contributed by atoms with E-state index in [4.69, 9.17) is 14.2 Å². The van der Waals surface area contributed by atoms with Gasteiger partial charge in [-0.3, -0.25) is 9.69 Å². The number of fused-ring (bicyclic) bond motifs is 1. The first-order chi connectivity index (χ1) is 17.1. The minimum atomic E-state index is -0.116. The van der Waals surface area contributed by atoms with Crippen LogP contribution in [-0.2, 0) is 6.61 Å². The second-order valence-electron chi connectivity index (χ2n) is 8.84. The van der Waals surface area contributed by atoms with E-state index in [1.54, 1.807) is 12.1 Å². The summed E-state index contributed by atoms with van der Waals surface area (Å²) in [6, 6.07) is 21.1. The summed E-state index contributed by atoms with van der Waals surface area (Å²) in [4.78, 5) is 15.3. The predicted octanol–water partition coefficient (Wildman–Crippen LogP) is 6.51. The molecule has 3 aromatic carbocycles. The van der Waals surface area contributed by atoms with Gasteiger partial charge in [0.15, 0.2) is 5.76 Å². The van der Waals surface area contributed by atoms with Crippen LogP contribution in [0.5, 0.6) is 17.2 Å². The van der Waals surface area contributed by atoms with Crippen LogP contribution in [0.3, 0.4) is 0 Å². The second-order valence-corrected chi connectivity index (χ2v) is 9.75. The van der Waals surface area contributed by atoms with Crippen LogP contribution in [0.2, 0.25) is 0 Å². The molecule has 2 heterocycles. The van der Waals surface area contributed by atoms with Crippen LogP contribution in [-0.4, -0.2) is 36.9 Å². The molecule has 0 unspecified atom stereocenters. The van der Waals surface area contributed by atoms with E-state index in [1.165, 1.54) is 19.3 Å². The number of benzene rings is 3.